The van der Waals surface area contributed by atoms with E-state index in [4.69, 9.17) is 14.0 Å². The predicted octanol–water partition coefficient (Wildman–Crippen LogP) is 1.34. The smallest absolute Gasteiger partial charge is 0.482 e. The van der Waals surface area contributed by atoms with Gasteiger partial charge in [-0.05, 0) is 45.3 Å². The SMILES string of the molecule is CN1C(=O)COc2ccc(B3OC(C)(C)C(C)(C)O3)cc21. The van der Waals surface area contributed by atoms with Crippen molar-refractivity contribution in [2.24, 2.45) is 0 Å². The van der Waals surface area contributed by atoms with E-state index in [1.807, 2.05) is 45.9 Å². The predicted molar refractivity (Wildman–Crippen MR) is 81.1 cm³/mol. The van der Waals surface area contributed by atoms with Gasteiger partial charge in [-0.15, -0.1) is 0 Å². The van der Waals surface area contributed by atoms with Crippen molar-refractivity contribution in [1.29, 1.82) is 0 Å². The molecular weight excluding hydrogens is 269 g/mol. The van der Waals surface area contributed by atoms with E-state index >= 15 is 0 Å². The maximum Gasteiger partial charge on any atom is 0.494 e. The lowest BCUT2D eigenvalue weighted by Gasteiger charge is -2.32. The molecule has 0 atom stereocenters. The Kier molecular flexibility index (Phi) is 3.08. The number of fused-ring (bicyclic) bond motifs is 1. The Morgan fingerprint density at radius 1 is 1.14 bits per heavy atom. The third-order valence-corrected chi connectivity index (χ3v) is 4.60. The molecule has 0 radical (unpaired) electrons. The second-order valence-electron chi connectivity index (χ2n) is 6.56. The summed E-state index contributed by atoms with van der Waals surface area (Å²) in [6.07, 6.45) is 0. The van der Waals surface area contributed by atoms with Crippen molar-refractivity contribution in [2.45, 2.75) is 38.9 Å². The molecule has 0 N–H and O–H groups in total. The van der Waals surface area contributed by atoms with Crippen molar-refractivity contribution in [2.75, 3.05) is 18.6 Å². The van der Waals surface area contributed by atoms with E-state index in [2.05, 4.69) is 0 Å². The number of hydrogen-bond donors (Lipinski definition) is 0. The fourth-order valence-electron chi connectivity index (χ4n) is 2.41. The van der Waals surface area contributed by atoms with E-state index in [-0.39, 0.29) is 23.7 Å². The molecule has 2 aliphatic heterocycles. The summed E-state index contributed by atoms with van der Waals surface area (Å²) >= 11 is 0. The van der Waals surface area contributed by atoms with Gasteiger partial charge in [-0.2, -0.15) is 0 Å². The van der Waals surface area contributed by atoms with Crippen molar-refractivity contribution in [3.8, 4) is 5.75 Å². The lowest BCUT2D eigenvalue weighted by molar-refractivity contribution is -0.120. The Morgan fingerprint density at radius 3 is 2.38 bits per heavy atom. The maximum atomic E-state index is 11.7. The quantitative estimate of drug-likeness (QED) is 0.732. The summed E-state index contributed by atoms with van der Waals surface area (Å²) in [5.41, 5.74) is 0.869. The van der Waals surface area contributed by atoms with Gasteiger partial charge in [0.25, 0.3) is 5.91 Å². The van der Waals surface area contributed by atoms with E-state index in [1.54, 1.807) is 11.9 Å². The van der Waals surface area contributed by atoms with Crippen molar-refractivity contribution < 1.29 is 18.8 Å². The molecule has 112 valence electrons. The molecular formula is C15H20BNO4. The topological polar surface area (TPSA) is 48.0 Å². The minimum absolute atomic E-state index is 0.0615. The number of amides is 1. The second kappa shape index (κ2) is 4.48. The maximum absolute atomic E-state index is 11.7. The average Bonchev–Trinajstić information content (AvgIpc) is 2.63. The zero-order valence-corrected chi connectivity index (χ0v) is 13.1. The Balaban J connectivity index is 1.94. The van der Waals surface area contributed by atoms with Crippen LogP contribution in [0.25, 0.3) is 0 Å². The summed E-state index contributed by atoms with van der Waals surface area (Å²) in [6.45, 7) is 8.15. The lowest BCUT2D eigenvalue weighted by Crippen LogP contribution is -2.41. The molecule has 0 aliphatic carbocycles. The molecule has 0 saturated carbocycles. The first-order valence-electron chi connectivity index (χ1n) is 7.10. The highest BCUT2D eigenvalue weighted by molar-refractivity contribution is 6.62. The fraction of sp³-hybridized carbons (Fsp3) is 0.533. The van der Waals surface area contributed by atoms with Gasteiger partial charge >= 0.3 is 7.12 Å². The Bertz CT molecular complexity index is 583. The molecule has 1 amide bonds. The van der Waals surface area contributed by atoms with Crippen LogP contribution in [-0.4, -0.2) is 37.9 Å². The summed E-state index contributed by atoms with van der Waals surface area (Å²) in [4.78, 5) is 13.3. The zero-order chi connectivity index (χ0) is 15.4. The van der Waals surface area contributed by atoms with Crippen LogP contribution in [0, 0.1) is 0 Å². The molecule has 2 heterocycles. The van der Waals surface area contributed by atoms with Crippen LogP contribution in [0.1, 0.15) is 27.7 Å². The van der Waals surface area contributed by atoms with E-state index < -0.39 is 7.12 Å². The first kappa shape index (κ1) is 14.4. The minimum atomic E-state index is -0.439. The first-order valence-corrected chi connectivity index (χ1v) is 7.10. The number of nitrogens with zero attached hydrogens (tertiary/aromatic N) is 1. The highest BCUT2D eigenvalue weighted by atomic mass is 16.7. The summed E-state index contributed by atoms with van der Waals surface area (Å²) in [6, 6.07) is 5.68. The van der Waals surface area contributed by atoms with Gasteiger partial charge in [0.1, 0.15) is 5.75 Å². The van der Waals surface area contributed by atoms with Crippen molar-refractivity contribution in [3.05, 3.63) is 18.2 Å². The molecule has 3 rings (SSSR count). The van der Waals surface area contributed by atoms with Crippen LogP contribution in [0.4, 0.5) is 5.69 Å². The van der Waals surface area contributed by atoms with Crippen LogP contribution >= 0.6 is 0 Å². The molecule has 0 bridgehead atoms. The van der Waals surface area contributed by atoms with E-state index in [9.17, 15) is 4.79 Å². The van der Waals surface area contributed by atoms with Gasteiger partial charge in [0.05, 0.1) is 16.9 Å². The van der Waals surface area contributed by atoms with Crippen LogP contribution < -0.4 is 15.1 Å². The summed E-state index contributed by atoms with van der Waals surface area (Å²) in [7, 11) is 1.31. The van der Waals surface area contributed by atoms with E-state index in [0.29, 0.717) is 5.75 Å². The number of carbonyl (C=O) groups is 1. The molecule has 1 aromatic carbocycles. The summed E-state index contributed by atoms with van der Waals surface area (Å²) < 4.78 is 17.5. The number of carbonyl (C=O) groups excluding carboxylic acids is 1. The summed E-state index contributed by atoms with van der Waals surface area (Å²) in [5, 5.41) is 0. The van der Waals surface area contributed by atoms with Crippen LogP contribution in [0.5, 0.6) is 5.75 Å². The van der Waals surface area contributed by atoms with E-state index in [0.717, 1.165) is 11.2 Å². The standard InChI is InChI=1S/C15H20BNO4/c1-14(2)15(3,4)21-16(20-14)10-6-7-12-11(8-10)17(5)13(18)9-19-12/h6-8H,9H2,1-5H3. The Hall–Kier alpha value is -1.53. The molecule has 1 aromatic rings. The molecule has 21 heavy (non-hydrogen) atoms. The molecule has 5 nitrogen and oxygen atoms in total. The third kappa shape index (κ3) is 2.22. The molecule has 0 unspecified atom stereocenters. The van der Waals surface area contributed by atoms with Gasteiger partial charge in [-0.3, -0.25) is 4.79 Å². The highest BCUT2D eigenvalue weighted by Crippen LogP contribution is 2.37. The number of likely N-dealkylation sites (N-methyl/N-ethyl adjacent to an activating group) is 1. The number of anilines is 1. The van der Waals surface area contributed by atoms with Crippen LogP contribution in [0.3, 0.4) is 0 Å². The Labute approximate surface area is 125 Å². The molecule has 1 fully saturated rings. The van der Waals surface area contributed by atoms with Crippen LogP contribution in [-0.2, 0) is 14.1 Å². The van der Waals surface area contributed by atoms with Crippen LogP contribution in [0.15, 0.2) is 18.2 Å². The zero-order valence-electron chi connectivity index (χ0n) is 13.1. The number of rotatable bonds is 1. The molecule has 0 aromatic heterocycles. The normalized spacial score (nSPS) is 23.0. The molecule has 2 aliphatic rings. The monoisotopic (exact) mass is 289 g/mol. The number of benzene rings is 1. The van der Waals surface area contributed by atoms with Crippen molar-refractivity contribution >= 4 is 24.2 Å². The molecule has 0 spiro atoms. The average molecular weight is 289 g/mol. The minimum Gasteiger partial charge on any atom is -0.482 e. The largest absolute Gasteiger partial charge is 0.494 e. The molecule has 1 saturated heterocycles. The highest BCUT2D eigenvalue weighted by Gasteiger charge is 2.51. The van der Waals surface area contributed by atoms with Gasteiger partial charge in [0.2, 0.25) is 0 Å². The van der Waals surface area contributed by atoms with Gasteiger partial charge in [0.15, 0.2) is 6.61 Å². The Morgan fingerprint density at radius 2 is 1.76 bits per heavy atom. The lowest BCUT2D eigenvalue weighted by atomic mass is 9.78. The van der Waals surface area contributed by atoms with Gasteiger partial charge < -0.3 is 18.9 Å². The third-order valence-electron chi connectivity index (χ3n) is 4.60. The van der Waals surface area contributed by atoms with Gasteiger partial charge in [-0.1, -0.05) is 6.07 Å². The number of ether oxygens (including phenoxy) is 1. The molecule has 6 heteroatoms. The van der Waals surface area contributed by atoms with Gasteiger partial charge in [0, 0.05) is 7.05 Å². The van der Waals surface area contributed by atoms with Crippen molar-refractivity contribution in [3.63, 3.8) is 0 Å². The van der Waals surface area contributed by atoms with Crippen molar-refractivity contribution in [1.82, 2.24) is 0 Å². The van der Waals surface area contributed by atoms with Gasteiger partial charge in [-0.25, -0.2) is 0 Å². The first-order chi connectivity index (χ1) is 9.71. The number of hydrogen-bond acceptors (Lipinski definition) is 4. The second-order valence-corrected chi connectivity index (χ2v) is 6.56. The van der Waals surface area contributed by atoms with Crippen LogP contribution in [0.2, 0.25) is 0 Å². The fourth-order valence-corrected chi connectivity index (χ4v) is 2.41. The summed E-state index contributed by atoms with van der Waals surface area (Å²) in [5.74, 6) is 0.644. The van der Waals surface area contributed by atoms with E-state index in [1.165, 1.54) is 0 Å².